The molecule has 144 valence electrons. The minimum atomic E-state index is 0.236. The zero-order chi connectivity index (χ0) is 18.6. The predicted molar refractivity (Wildman–Crippen MR) is 101 cm³/mol. The lowest BCUT2D eigenvalue weighted by molar-refractivity contribution is -0.133. The van der Waals surface area contributed by atoms with Crippen LogP contribution in [0.1, 0.15) is 55.3 Å². The van der Waals surface area contributed by atoms with E-state index in [2.05, 4.69) is 10.1 Å². The van der Waals surface area contributed by atoms with Gasteiger partial charge in [-0.2, -0.15) is 4.98 Å². The topological polar surface area (TPSA) is 68.5 Å². The molecule has 1 atom stereocenters. The molecule has 2 aromatic rings. The number of aromatic nitrogens is 2. The summed E-state index contributed by atoms with van der Waals surface area (Å²) < 4.78 is 10.6. The van der Waals surface area contributed by atoms with Gasteiger partial charge in [0.15, 0.2) is 5.82 Å². The summed E-state index contributed by atoms with van der Waals surface area (Å²) >= 11 is 0. The first-order valence-corrected chi connectivity index (χ1v) is 9.94. The summed E-state index contributed by atoms with van der Waals surface area (Å²) in [6.07, 6.45) is 6.61. The Kier molecular flexibility index (Phi) is 5.41. The molecule has 27 heavy (non-hydrogen) atoms. The number of rotatable bonds is 7. The molecule has 1 amide bonds. The molecule has 2 heterocycles. The second-order valence-corrected chi connectivity index (χ2v) is 7.72. The summed E-state index contributed by atoms with van der Waals surface area (Å²) in [5, 5.41) is 4.10. The van der Waals surface area contributed by atoms with Crippen LogP contribution in [-0.4, -0.2) is 41.1 Å². The van der Waals surface area contributed by atoms with Crippen LogP contribution in [0.25, 0.3) is 0 Å². The van der Waals surface area contributed by atoms with Gasteiger partial charge in [0.1, 0.15) is 5.75 Å². The van der Waals surface area contributed by atoms with Gasteiger partial charge in [-0.1, -0.05) is 17.3 Å². The lowest BCUT2D eigenvalue weighted by Crippen LogP contribution is -2.40. The number of nitrogens with zero attached hydrogens (tertiary/aromatic N) is 3. The third-order valence-electron chi connectivity index (χ3n) is 5.55. The van der Waals surface area contributed by atoms with E-state index in [0.717, 1.165) is 61.8 Å². The Bertz CT molecular complexity index is 767. The molecule has 1 unspecified atom stereocenters. The molecule has 4 rings (SSSR count). The number of hydrogen-bond acceptors (Lipinski definition) is 5. The van der Waals surface area contributed by atoms with Gasteiger partial charge in [-0.25, -0.2) is 0 Å². The molecule has 0 spiro atoms. The first kappa shape index (κ1) is 18.0. The Morgan fingerprint density at radius 1 is 1.26 bits per heavy atom. The highest BCUT2D eigenvalue weighted by Crippen LogP contribution is 2.38. The molecule has 0 N–H and O–H groups in total. The Morgan fingerprint density at radius 3 is 2.81 bits per heavy atom. The smallest absolute Gasteiger partial charge is 0.226 e. The molecule has 2 fully saturated rings. The van der Waals surface area contributed by atoms with Crippen LogP contribution >= 0.6 is 0 Å². The number of piperidine rings is 1. The lowest BCUT2D eigenvalue weighted by atomic mass is 9.94. The number of carbonyl (C=O) groups excluding carboxylic acids is 1. The molecule has 1 aliphatic carbocycles. The van der Waals surface area contributed by atoms with Crippen molar-refractivity contribution in [3.8, 4) is 5.75 Å². The van der Waals surface area contributed by atoms with Crippen molar-refractivity contribution in [2.75, 3.05) is 20.2 Å². The maximum atomic E-state index is 12.6. The Labute approximate surface area is 159 Å². The van der Waals surface area contributed by atoms with Crippen LogP contribution in [0, 0.1) is 5.92 Å². The monoisotopic (exact) mass is 369 g/mol. The molecule has 1 saturated carbocycles. The SMILES string of the molecule is COc1ccc(CCC(=O)N2CCCC(Cc3nc(C4CC4)no3)C2)cc1. The fraction of sp³-hybridized carbons (Fsp3) is 0.571. The summed E-state index contributed by atoms with van der Waals surface area (Å²) in [5.41, 5.74) is 1.16. The minimum absolute atomic E-state index is 0.236. The van der Waals surface area contributed by atoms with Crippen molar-refractivity contribution < 1.29 is 14.1 Å². The molecule has 1 saturated heterocycles. The second kappa shape index (κ2) is 8.11. The van der Waals surface area contributed by atoms with Crippen molar-refractivity contribution in [2.24, 2.45) is 5.92 Å². The van der Waals surface area contributed by atoms with Crippen molar-refractivity contribution >= 4 is 5.91 Å². The summed E-state index contributed by atoms with van der Waals surface area (Å²) in [4.78, 5) is 19.2. The van der Waals surface area contributed by atoms with E-state index in [1.54, 1.807) is 7.11 Å². The van der Waals surface area contributed by atoms with Crippen LogP contribution in [0.2, 0.25) is 0 Å². The van der Waals surface area contributed by atoms with Crippen molar-refractivity contribution in [1.29, 1.82) is 0 Å². The van der Waals surface area contributed by atoms with Gasteiger partial charge in [-0.3, -0.25) is 4.79 Å². The normalized spacial score (nSPS) is 19.9. The second-order valence-electron chi connectivity index (χ2n) is 7.72. The summed E-state index contributed by atoms with van der Waals surface area (Å²) in [6, 6.07) is 7.93. The Morgan fingerprint density at radius 2 is 2.07 bits per heavy atom. The molecule has 0 radical (unpaired) electrons. The van der Waals surface area contributed by atoms with E-state index in [-0.39, 0.29) is 5.91 Å². The summed E-state index contributed by atoms with van der Waals surface area (Å²) in [6.45, 7) is 1.65. The van der Waals surface area contributed by atoms with Crippen LogP contribution in [-0.2, 0) is 17.6 Å². The number of aryl methyl sites for hydroxylation is 1. The number of hydrogen-bond donors (Lipinski definition) is 0. The van der Waals surface area contributed by atoms with Gasteiger partial charge in [-0.15, -0.1) is 0 Å². The number of carbonyl (C=O) groups is 1. The van der Waals surface area contributed by atoms with Crippen molar-refractivity contribution in [1.82, 2.24) is 15.0 Å². The van der Waals surface area contributed by atoms with Gasteiger partial charge in [-0.05, 0) is 55.7 Å². The van der Waals surface area contributed by atoms with E-state index >= 15 is 0 Å². The van der Waals surface area contributed by atoms with Crippen LogP contribution in [0.5, 0.6) is 5.75 Å². The van der Waals surface area contributed by atoms with E-state index in [0.29, 0.717) is 18.3 Å². The molecule has 6 nitrogen and oxygen atoms in total. The maximum Gasteiger partial charge on any atom is 0.226 e. The van der Waals surface area contributed by atoms with Gasteiger partial charge in [0.2, 0.25) is 11.8 Å². The minimum Gasteiger partial charge on any atom is -0.497 e. The molecule has 2 aliphatic rings. The summed E-state index contributed by atoms with van der Waals surface area (Å²) in [5.74, 6) is 3.61. The van der Waals surface area contributed by atoms with E-state index in [1.807, 2.05) is 29.2 Å². The summed E-state index contributed by atoms with van der Waals surface area (Å²) in [7, 11) is 1.66. The first-order valence-electron chi connectivity index (χ1n) is 9.94. The fourth-order valence-electron chi connectivity index (χ4n) is 3.77. The standard InChI is InChI=1S/C21H27N3O3/c1-26-18-9-4-15(5-10-18)6-11-20(25)24-12-2-3-16(14-24)13-19-22-21(23-27-19)17-7-8-17/h4-5,9-10,16-17H,2-3,6-8,11-14H2,1H3. The van der Waals surface area contributed by atoms with E-state index in [9.17, 15) is 4.79 Å². The molecule has 0 bridgehead atoms. The molecule has 6 heteroatoms. The van der Waals surface area contributed by atoms with Gasteiger partial charge in [0.25, 0.3) is 0 Å². The highest BCUT2D eigenvalue weighted by atomic mass is 16.5. The molecule has 1 aromatic carbocycles. The van der Waals surface area contributed by atoms with Crippen molar-refractivity contribution in [3.63, 3.8) is 0 Å². The lowest BCUT2D eigenvalue weighted by Gasteiger charge is -2.32. The van der Waals surface area contributed by atoms with Crippen LogP contribution in [0.3, 0.4) is 0 Å². The van der Waals surface area contributed by atoms with E-state index in [4.69, 9.17) is 9.26 Å². The van der Waals surface area contributed by atoms with Crippen molar-refractivity contribution in [3.05, 3.63) is 41.5 Å². The third kappa shape index (κ3) is 4.67. The van der Waals surface area contributed by atoms with Crippen LogP contribution in [0.4, 0.5) is 0 Å². The average Bonchev–Trinajstić information content (AvgIpc) is 3.46. The maximum absolute atomic E-state index is 12.6. The van der Waals surface area contributed by atoms with Gasteiger partial charge < -0.3 is 14.2 Å². The van der Waals surface area contributed by atoms with E-state index < -0.39 is 0 Å². The van der Waals surface area contributed by atoms with Gasteiger partial charge >= 0.3 is 0 Å². The highest BCUT2D eigenvalue weighted by Gasteiger charge is 2.30. The number of benzene rings is 1. The molecule has 1 aliphatic heterocycles. The van der Waals surface area contributed by atoms with Gasteiger partial charge in [0, 0.05) is 31.8 Å². The first-order chi connectivity index (χ1) is 13.2. The zero-order valence-electron chi connectivity index (χ0n) is 15.9. The zero-order valence-corrected chi connectivity index (χ0v) is 15.9. The Hall–Kier alpha value is -2.37. The number of likely N-dealkylation sites (tertiary alicyclic amines) is 1. The third-order valence-corrected chi connectivity index (χ3v) is 5.55. The Balaban J connectivity index is 1.26. The van der Waals surface area contributed by atoms with Gasteiger partial charge in [0.05, 0.1) is 7.11 Å². The molecule has 1 aromatic heterocycles. The molecular weight excluding hydrogens is 342 g/mol. The van der Waals surface area contributed by atoms with Crippen LogP contribution in [0.15, 0.2) is 28.8 Å². The van der Waals surface area contributed by atoms with Crippen LogP contribution < -0.4 is 4.74 Å². The molecular formula is C21H27N3O3. The van der Waals surface area contributed by atoms with Crippen molar-refractivity contribution in [2.45, 2.75) is 50.9 Å². The quantitative estimate of drug-likeness (QED) is 0.748. The average molecular weight is 369 g/mol. The highest BCUT2D eigenvalue weighted by molar-refractivity contribution is 5.76. The fourth-order valence-corrected chi connectivity index (χ4v) is 3.77. The predicted octanol–water partition coefficient (Wildman–Crippen LogP) is 3.37. The number of amides is 1. The largest absolute Gasteiger partial charge is 0.497 e. The van der Waals surface area contributed by atoms with E-state index in [1.165, 1.54) is 12.8 Å². The number of ether oxygens (including phenoxy) is 1. The number of methoxy groups -OCH3 is 1.